The number of hydrogen-bond donors (Lipinski definition) is 1. The lowest BCUT2D eigenvalue weighted by Crippen LogP contribution is -2.42. The Balaban J connectivity index is 1.57. The molecule has 0 saturated carbocycles. The fourth-order valence-electron chi connectivity index (χ4n) is 4.07. The van der Waals surface area contributed by atoms with Gasteiger partial charge in [0.05, 0.1) is 24.6 Å². The molecule has 1 N–H and O–H groups in total. The average molecular weight is 487 g/mol. The number of aromatic nitrogens is 5. The van der Waals surface area contributed by atoms with E-state index in [9.17, 15) is 18.1 Å². The van der Waals surface area contributed by atoms with Crippen molar-refractivity contribution in [2.24, 2.45) is 0 Å². The van der Waals surface area contributed by atoms with E-state index in [1.165, 1.54) is 12.3 Å². The summed E-state index contributed by atoms with van der Waals surface area (Å²) < 4.78 is 46.6. The summed E-state index contributed by atoms with van der Waals surface area (Å²) in [6, 6.07) is 5.07. The zero-order valence-corrected chi connectivity index (χ0v) is 18.5. The first-order chi connectivity index (χ1) is 17.0. The molecule has 1 saturated heterocycles. The van der Waals surface area contributed by atoms with Crippen LogP contribution < -0.4 is 10.2 Å². The zero-order chi connectivity index (χ0) is 24.5. The molecule has 182 valence electrons. The predicted octanol–water partition coefficient (Wildman–Crippen LogP) is 4.33. The summed E-state index contributed by atoms with van der Waals surface area (Å²) in [4.78, 5) is 28.8. The third-order valence-corrected chi connectivity index (χ3v) is 5.83. The van der Waals surface area contributed by atoms with E-state index in [0.29, 0.717) is 17.8 Å². The second-order valence-electron chi connectivity index (χ2n) is 7.94. The number of hydrogen-bond acceptors (Lipinski definition) is 8. The number of pyridine rings is 3. The molecule has 0 bridgehead atoms. The molecule has 10 nitrogen and oxygen atoms in total. The van der Waals surface area contributed by atoms with Gasteiger partial charge in [-0.05, 0) is 24.6 Å². The number of alkyl halides is 2. The molecule has 0 unspecified atom stereocenters. The van der Waals surface area contributed by atoms with Gasteiger partial charge >= 0.3 is 6.09 Å². The lowest BCUT2D eigenvalue weighted by molar-refractivity contribution is -0.0544. The van der Waals surface area contributed by atoms with Crippen LogP contribution >= 0.6 is 0 Å². The minimum absolute atomic E-state index is 0.0511. The van der Waals surface area contributed by atoms with Crippen LogP contribution in [-0.2, 0) is 9.68 Å². The van der Waals surface area contributed by atoms with Crippen LogP contribution in [0.2, 0.25) is 0 Å². The van der Waals surface area contributed by atoms with Crippen LogP contribution in [0.5, 0.6) is 0 Å². The predicted molar refractivity (Wildman–Crippen MR) is 120 cm³/mol. The van der Waals surface area contributed by atoms with Gasteiger partial charge in [0, 0.05) is 46.3 Å². The van der Waals surface area contributed by atoms with Crippen LogP contribution in [-0.4, -0.2) is 56.5 Å². The number of nitrogens with one attached hydrogen (secondary N) is 1. The average Bonchev–Trinajstić information content (AvgIpc) is 3.31. The van der Waals surface area contributed by atoms with Gasteiger partial charge in [-0.15, -0.1) is 5.10 Å². The van der Waals surface area contributed by atoms with Crippen LogP contribution in [0, 0.1) is 0 Å². The van der Waals surface area contributed by atoms with Gasteiger partial charge in [0.15, 0.2) is 11.5 Å². The standard InChI is InChI=1S/C22H20F3N7O3/c1-2-13-11-31(5-6-34-13)12-3-4-18-29-21(30-32(18)10-12)16-9-27-19(20(23)24)15-8-26-17(7-14(15)16)28-22(33)35-25/h3-4,7-10,13,20H,2,5-6,11H2,1H3,(H,26,28,33)/t13-/m0/s1. The van der Waals surface area contributed by atoms with Crippen molar-refractivity contribution in [3.63, 3.8) is 0 Å². The molecule has 1 aliphatic heterocycles. The molecule has 0 aromatic carbocycles. The van der Waals surface area contributed by atoms with Crippen molar-refractivity contribution in [3.05, 3.63) is 42.5 Å². The summed E-state index contributed by atoms with van der Waals surface area (Å²) in [6.45, 7) is 4.22. The number of morpholine rings is 1. The van der Waals surface area contributed by atoms with Gasteiger partial charge in [0.1, 0.15) is 11.5 Å². The van der Waals surface area contributed by atoms with Crippen LogP contribution in [0.15, 0.2) is 36.8 Å². The molecular formula is C22H20F3N7O3. The Morgan fingerprint density at radius 3 is 2.91 bits per heavy atom. The molecule has 4 aromatic heterocycles. The van der Waals surface area contributed by atoms with Crippen molar-refractivity contribution in [1.82, 2.24) is 24.6 Å². The topological polar surface area (TPSA) is 107 Å². The smallest absolute Gasteiger partial charge is 0.375 e. The number of halogens is 3. The van der Waals surface area contributed by atoms with Gasteiger partial charge in [-0.2, -0.15) is 0 Å². The van der Waals surface area contributed by atoms with E-state index >= 15 is 0 Å². The quantitative estimate of drug-likeness (QED) is 0.444. The molecule has 0 aliphatic carbocycles. The highest BCUT2D eigenvalue weighted by molar-refractivity contribution is 5.98. The number of carbonyl (C=O) groups is 1. The number of rotatable bonds is 5. The fourth-order valence-corrected chi connectivity index (χ4v) is 4.07. The third kappa shape index (κ3) is 4.41. The van der Waals surface area contributed by atoms with Crippen LogP contribution in [0.3, 0.4) is 0 Å². The minimum atomic E-state index is -2.86. The maximum absolute atomic E-state index is 13.6. The summed E-state index contributed by atoms with van der Waals surface area (Å²) in [6.07, 6.45) is 1.02. The van der Waals surface area contributed by atoms with Crippen molar-refractivity contribution >= 4 is 34.0 Å². The number of fused-ring (bicyclic) bond motifs is 2. The van der Waals surface area contributed by atoms with Gasteiger partial charge in [-0.25, -0.2) is 33.0 Å². The first kappa shape index (κ1) is 22.8. The van der Waals surface area contributed by atoms with Crippen molar-refractivity contribution in [3.8, 4) is 11.4 Å². The molecule has 0 radical (unpaired) electrons. The van der Waals surface area contributed by atoms with Gasteiger partial charge < -0.3 is 9.64 Å². The molecule has 1 fully saturated rings. The normalized spacial score (nSPS) is 16.3. The van der Waals surface area contributed by atoms with Crippen LogP contribution in [0.25, 0.3) is 27.8 Å². The number of ether oxygens (including phenoxy) is 1. The fraction of sp³-hybridized carbons (Fsp3) is 0.318. The maximum atomic E-state index is 13.6. The molecule has 1 aliphatic rings. The highest BCUT2D eigenvalue weighted by atomic mass is 19.3. The van der Waals surface area contributed by atoms with Crippen molar-refractivity contribution in [2.45, 2.75) is 25.9 Å². The molecule has 4 aromatic rings. The van der Waals surface area contributed by atoms with E-state index in [-0.39, 0.29) is 28.5 Å². The molecular weight excluding hydrogens is 467 g/mol. The van der Waals surface area contributed by atoms with Gasteiger partial charge in [-0.1, -0.05) is 6.92 Å². The van der Waals surface area contributed by atoms with E-state index in [4.69, 9.17) is 4.74 Å². The van der Waals surface area contributed by atoms with Crippen molar-refractivity contribution in [2.75, 3.05) is 29.9 Å². The Morgan fingerprint density at radius 2 is 2.14 bits per heavy atom. The van der Waals surface area contributed by atoms with Gasteiger partial charge in [-0.3, -0.25) is 10.3 Å². The molecule has 1 atom stereocenters. The molecule has 5 heterocycles. The van der Waals surface area contributed by atoms with Gasteiger partial charge in [0.2, 0.25) is 0 Å². The van der Waals surface area contributed by atoms with Crippen LogP contribution in [0.4, 0.5) is 29.6 Å². The monoisotopic (exact) mass is 487 g/mol. The zero-order valence-electron chi connectivity index (χ0n) is 18.5. The van der Waals surface area contributed by atoms with Crippen molar-refractivity contribution in [1.29, 1.82) is 0 Å². The summed E-state index contributed by atoms with van der Waals surface area (Å²) in [5.41, 5.74) is 1.35. The second-order valence-corrected chi connectivity index (χ2v) is 7.94. The molecule has 1 amide bonds. The summed E-state index contributed by atoms with van der Waals surface area (Å²) >= 11 is 0. The summed E-state index contributed by atoms with van der Waals surface area (Å²) in [7, 11) is 0. The van der Waals surface area contributed by atoms with E-state index in [1.807, 2.05) is 18.3 Å². The van der Waals surface area contributed by atoms with Crippen molar-refractivity contribution < 1.29 is 27.8 Å². The molecule has 5 rings (SSSR count). The van der Waals surface area contributed by atoms with E-state index in [1.54, 1.807) is 4.52 Å². The van der Waals surface area contributed by atoms with E-state index in [2.05, 4.69) is 42.1 Å². The maximum Gasteiger partial charge on any atom is 0.450 e. The Hall–Kier alpha value is -4.00. The summed E-state index contributed by atoms with van der Waals surface area (Å²) in [5, 5.41) is 6.92. The first-order valence-corrected chi connectivity index (χ1v) is 10.9. The third-order valence-electron chi connectivity index (χ3n) is 5.83. The first-order valence-electron chi connectivity index (χ1n) is 10.9. The molecule has 13 heteroatoms. The second kappa shape index (κ2) is 9.33. The number of carbonyl (C=O) groups excluding carboxylic acids is 1. The Kier molecular flexibility index (Phi) is 6.07. The highest BCUT2D eigenvalue weighted by Crippen LogP contribution is 2.33. The molecule has 35 heavy (non-hydrogen) atoms. The lowest BCUT2D eigenvalue weighted by atomic mass is 10.1. The lowest BCUT2D eigenvalue weighted by Gasteiger charge is -2.34. The Labute approximate surface area is 196 Å². The number of nitrogens with zero attached hydrogens (tertiary/aromatic N) is 6. The Bertz CT molecular complexity index is 1400. The SMILES string of the molecule is CC[C@H]1CN(c2ccc3nc(-c4cnc(C(F)F)c5cnc(NC(=O)OF)cc45)nn3c2)CCO1. The highest BCUT2D eigenvalue weighted by Gasteiger charge is 2.22. The number of amides is 1. The summed E-state index contributed by atoms with van der Waals surface area (Å²) in [5.74, 6) is 0.135. The van der Waals surface area contributed by atoms with Crippen LogP contribution in [0.1, 0.15) is 25.5 Å². The minimum Gasteiger partial charge on any atom is -0.375 e. The van der Waals surface area contributed by atoms with E-state index < -0.39 is 18.2 Å². The molecule has 0 spiro atoms. The number of anilines is 2. The largest absolute Gasteiger partial charge is 0.450 e. The van der Waals surface area contributed by atoms with E-state index in [0.717, 1.165) is 31.4 Å². The Morgan fingerprint density at radius 1 is 1.29 bits per heavy atom. The van der Waals surface area contributed by atoms with Gasteiger partial charge in [0.25, 0.3) is 6.43 Å².